The molecule has 0 aliphatic carbocycles. The van der Waals surface area contributed by atoms with Crippen LogP contribution in [0.25, 0.3) is 10.8 Å². The minimum atomic E-state index is -0.952. The van der Waals surface area contributed by atoms with Crippen LogP contribution in [0.1, 0.15) is 24.2 Å². The van der Waals surface area contributed by atoms with E-state index in [0.717, 1.165) is 5.56 Å². The topological polar surface area (TPSA) is 123 Å². The first kappa shape index (κ1) is 27.2. The lowest BCUT2D eigenvalue weighted by molar-refractivity contribution is -0.112. The van der Waals surface area contributed by atoms with Gasteiger partial charge in [-0.1, -0.05) is 60.2 Å². The van der Waals surface area contributed by atoms with E-state index < -0.39 is 24.2 Å². The van der Waals surface area contributed by atoms with Gasteiger partial charge in [-0.05, 0) is 55.6 Å². The van der Waals surface area contributed by atoms with Gasteiger partial charge in [-0.3, -0.25) is 10.1 Å². The van der Waals surface area contributed by atoms with Gasteiger partial charge >= 0.3 is 6.09 Å². The Morgan fingerprint density at radius 1 is 0.923 bits per heavy atom. The van der Waals surface area contributed by atoms with Gasteiger partial charge in [0.2, 0.25) is 5.91 Å². The standard InChI is InChI=1S/C31H31N3O5/c1-3-38-28(18-19-29(36)34-26-11-7-6-10-25(26)32)30(39-31(37)33-21-14-12-20(2)13-15-21)24-16-17-27(35)23-9-5-4-8-22(23)24/h4-19,28,30,35H,3,32H2,1-2H3,(H,33,37)(H,34,36)/b19-18+/t28-,30-/m0/s1. The second-order valence-electron chi connectivity index (χ2n) is 8.89. The van der Waals surface area contributed by atoms with Crippen molar-refractivity contribution in [1.82, 2.24) is 0 Å². The Kier molecular flexibility index (Phi) is 8.81. The predicted molar refractivity (Wildman–Crippen MR) is 154 cm³/mol. The molecular formula is C31H31N3O5. The quantitative estimate of drug-likeness (QED) is 0.150. The first-order valence-electron chi connectivity index (χ1n) is 12.6. The lowest BCUT2D eigenvalue weighted by atomic mass is 9.96. The molecule has 2 atom stereocenters. The lowest BCUT2D eigenvalue weighted by Crippen LogP contribution is -2.28. The molecule has 4 rings (SSSR count). The summed E-state index contributed by atoms with van der Waals surface area (Å²) in [5.74, 6) is -0.323. The van der Waals surface area contributed by atoms with Crippen molar-refractivity contribution in [3.05, 3.63) is 108 Å². The minimum absolute atomic E-state index is 0.0977. The van der Waals surface area contributed by atoms with Crippen LogP contribution in [0.5, 0.6) is 5.75 Å². The maximum atomic E-state index is 13.1. The highest BCUT2D eigenvalue weighted by Gasteiger charge is 2.28. The number of para-hydroxylation sites is 2. The Bertz CT molecular complexity index is 1480. The third kappa shape index (κ3) is 6.94. The number of amides is 2. The molecule has 0 aliphatic heterocycles. The summed E-state index contributed by atoms with van der Waals surface area (Å²) in [6.07, 6.45) is 0.394. The van der Waals surface area contributed by atoms with Crippen molar-refractivity contribution >= 4 is 39.8 Å². The number of hydrogen-bond donors (Lipinski definition) is 4. The van der Waals surface area contributed by atoms with Crippen molar-refractivity contribution in [3.8, 4) is 5.75 Å². The van der Waals surface area contributed by atoms with Crippen LogP contribution in [0.4, 0.5) is 21.9 Å². The number of hydrogen-bond acceptors (Lipinski definition) is 6. The highest BCUT2D eigenvalue weighted by Crippen LogP contribution is 2.35. The summed E-state index contributed by atoms with van der Waals surface area (Å²) in [6.45, 7) is 4.05. The molecule has 0 spiro atoms. The molecule has 0 saturated carbocycles. The number of fused-ring (bicyclic) bond motifs is 1. The normalized spacial score (nSPS) is 12.7. The number of phenolic OH excluding ortho intramolecular Hbond substituents is 1. The molecule has 8 nitrogen and oxygen atoms in total. The van der Waals surface area contributed by atoms with E-state index in [-0.39, 0.29) is 12.4 Å². The van der Waals surface area contributed by atoms with Gasteiger partial charge in [0.15, 0.2) is 6.10 Å². The molecule has 200 valence electrons. The summed E-state index contributed by atoms with van der Waals surface area (Å²) < 4.78 is 11.9. The van der Waals surface area contributed by atoms with Gasteiger partial charge in [0, 0.05) is 29.3 Å². The maximum absolute atomic E-state index is 13.1. The van der Waals surface area contributed by atoms with Crippen LogP contribution in [0, 0.1) is 6.92 Å². The molecule has 4 aromatic carbocycles. The molecule has 0 saturated heterocycles. The molecule has 0 bridgehead atoms. The van der Waals surface area contributed by atoms with Crippen LogP contribution in [-0.2, 0) is 14.3 Å². The van der Waals surface area contributed by atoms with Crippen molar-refractivity contribution in [3.63, 3.8) is 0 Å². The van der Waals surface area contributed by atoms with Crippen LogP contribution in [0.3, 0.4) is 0 Å². The predicted octanol–water partition coefficient (Wildman–Crippen LogP) is 6.33. The van der Waals surface area contributed by atoms with E-state index in [1.165, 1.54) is 6.08 Å². The number of carbonyl (C=O) groups excluding carboxylic acids is 2. The average Bonchev–Trinajstić information content (AvgIpc) is 2.93. The fourth-order valence-electron chi connectivity index (χ4n) is 4.17. The highest BCUT2D eigenvalue weighted by atomic mass is 16.6. The van der Waals surface area contributed by atoms with E-state index in [9.17, 15) is 14.7 Å². The maximum Gasteiger partial charge on any atom is 0.412 e. The van der Waals surface area contributed by atoms with E-state index >= 15 is 0 Å². The molecule has 0 heterocycles. The van der Waals surface area contributed by atoms with Gasteiger partial charge in [-0.25, -0.2) is 4.79 Å². The Hall–Kier alpha value is -4.82. The van der Waals surface area contributed by atoms with Crippen molar-refractivity contribution < 1.29 is 24.2 Å². The summed E-state index contributed by atoms with van der Waals surface area (Å²) in [4.78, 5) is 25.8. The molecule has 0 aromatic heterocycles. The first-order valence-corrected chi connectivity index (χ1v) is 12.6. The van der Waals surface area contributed by atoms with Crippen LogP contribution in [-0.4, -0.2) is 29.8 Å². The van der Waals surface area contributed by atoms with Gasteiger partial charge in [-0.15, -0.1) is 0 Å². The van der Waals surface area contributed by atoms with Crippen LogP contribution in [0.2, 0.25) is 0 Å². The number of nitrogens with one attached hydrogen (secondary N) is 2. The second kappa shape index (κ2) is 12.6. The summed E-state index contributed by atoms with van der Waals surface area (Å²) in [5.41, 5.74) is 9.09. The number of anilines is 3. The van der Waals surface area contributed by atoms with Crippen molar-refractivity contribution in [2.45, 2.75) is 26.1 Å². The number of phenols is 1. The van der Waals surface area contributed by atoms with E-state index in [2.05, 4.69) is 10.6 Å². The van der Waals surface area contributed by atoms with Crippen molar-refractivity contribution in [1.29, 1.82) is 0 Å². The average molecular weight is 526 g/mol. The summed E-state index contributed by atoms with van der Waals surface area (Å²) >= 11 is 0. The van der Waals surface area contributed by atoms with Gasteiger partial charge < -0.3 is 25.6 Å². The molecule has 0 unspecified atom stereocenters. The SMILES string of the molecule is CCO[C@@H](/C=C/C(=O)Nc1ccccc1N)[C@@H](OC(=O)Nc1ccc(C)cc1)c1ccc(O)c2ccccc12. The zero-order chi connectivity index (χ0) is 27.8. The molecule has 5 N–H and O–H groups in total. The van der Waals surface area contributed by atoms with Gasteiger partial charge in [0.25, 0.3) is 0 Å². The van der Waals surface area contributed by atoms with Gasteiger partial charge in [0.1, 0.15) is 11.9 Å². The fraction of sp³-hybridized carbons (Fsp3) is 0.161. The molecular weight excluding hydrogens is 494 g/mol. The molecule has 2 amide bonds. The molecule has 8 heteroatoms. The van der Waals surface area contributed by atoms with E-state index in [1.807, 2.05) is 44.2 Å². The minimum Gasteiger partial charge on any atom is -0.507 e. The number of carbonyl (C=O) groups is 2. The number of aromatic hydroxyl groups is 1. The van der Waals surface area contributed by atoms with Gasteiger partial charge in [-0.2, -0.15) is 0 Å². The van der Waals surface area contributed by atoms with Gasteiger partial charge in [0.05, 0.1) is 11.4 Å². The number of rotatable bonds is 9. The number of aryl methyl sites for hydroxylation is 1. The molecule has 0 aliphatic rings. The number of nitrogen functional groups attached to an aromatic ring is 1. The Morgan fingerprint density at radius 2 is 1.62 bits per heavy atom. The Labute approximate surface area is 227 Å². The largest absolute Gasteiger partial charge is 0.507 e. The van der Waals surface area contributed by atoms with Crippen molar-refractivity contribution in [2.24, 2.45) is 0 Å². The van der Waals surface area contributed by atoms with Crippen LogP contribution >= 0.6 is 0 Å². The zero-order valence-electron chi connectivity index (χ0n) is 21.8. The summed E-state index contributed by atoms with van der Waals surface area (Å²) in [5, 5.41) is 17.2. The fourth-order valence-corrected chi connectivity index (χ4v) is 4.17. The van der Waals surface area contributed by atoms with E-state index in [1.54, 1.807) is 60.7 Å². The number of nitrogens with two attached hydrogens (primary N) is 1. The molecule has 0 radical (unpaired) electrons. The zero-order valence-corrected chi connectivity index (χ0v) is 21.8. The first-order chi connectivity index (χ1) is 18.9. The summed E-state index contributed by atoms with van der Waals surface area (Å²) in [7, 11) is 0. The lowest BCUT2D eigenvalue weighted by Gasteiger charge is -2.26. The third-order valence-corrected chi connectivity index (χ3v) is 6.09. The molecule has 4 aromatic rings. The van der Waals surface area contributed by atoms with Crippen LogP contribution in [0.15, 0.2) is 97.1 Å². The monoisotopic (exact) mass is 525 g/mol. The third-order valence-electron chi connectivity index (χ3n) is 6.09. The smallest absolute Gasteiger partial charge is 0.412 e. The molecule has 39 heavy (non-hydrogen) atoms. The Balaban J connectivity index is 1.66. The second-order valence-corrected chi connectivity index (χ2v) is 8.89. The Morgan fingerprint density at radius 3 is 2.33 bits per heavy atom. The number of ether oxygens (including phenoxy) is 2. The van der Waals surface area contributed by atoms with E-state index in [0.29, 0.717) is 33.4 Å². The number of benzene rings is 4. The summed E-state index contributed by atoms with van der Waals surface area (Å²) in [6, 6.07) is 24.7. The van der Waals surface area contributed by atoms with E-state index in [4.69, 9.17) is 15.2 Å². The highest BCUT2D eigenvalue weighted by molar-refractivity contribution is 6.01. The molecule has 0 fully saturated rings. The van der Waals surface area contributed by atoms with Crippen molar-refractivity contribution in [2.75, 3.05) is 23.0 Å². The van der Waals surface area contributed by atoms with Crippen LogP contribution < -0.4 is 16.4 Å².